The molecule has 6 rings (SSSR count). The van der Waals surface area contributed by atoms with Crippen molar-refractivity contribution in [3.05, 3.63) is 59.4 Å². The Labute approximate surface area is 433 Å². The monoisotopic (exact) mass is 1030 g/mol. The maximum atomic E-state index is 14.6. The van der Waals surface area contributed by atoms with E-state index in [0.717, 1.165) is 5.69 Å². The first-order valence-corrected chi connectivity index (χ1v) is 26.6. The smallest absolute Gasteiger partial charge is 0.311 e. The highest BCUT2D eigenvalue weighted by Crippen LogP contribution is 2.41. The van der Waals surface area contributed by atoms with Crippen LogP contribution in [0.1, 0.15) is 135 Å². The number of fused-ring (bicyclic) bond motifs is 1. The van der Waals surface area contributed by atoms with E-state index in [-0.39, 0.29) is 49.0 Å². The summed E-state index contributed by atoms with van der Waals surface area (Å²) in [6, 6.07) is 11.7. The van der Waals surface area contributed by atoms with Gasteiger partial charge in [-0.2, -0.15) is 0 Å². The van der Waals surface area contributed by atoms with Gasteiger partial charge in [0.15, 0.2) is 12.6 Å². The molecule has 2 aromatic rings. The van der Waals surface area contributed by atoms with Crippen molar-refractivity contribution in [1.82, 2.24) is 19.7 Å². The molecule has 0 aliphatic carbocycles. The molecule has 0 spiro atoms. The number of ether oxygens (including phenoxy) is 6. The largest absolute Gasteiger partial charge is 0.459 e. The molecule has 18 nitrogen and oxygen atoms in total. The van der Waals surface area contributed by atoms with E-state index < -0.39 is 102 Å². The van der Waals surface area contributed by atoms with Crippen LogP contribution >= 0.6 is 0 Å². The second kappa shape index (κ2) is 24.3. The molecule has 4 aliphatic rings. The maximum Gasteiger partial charge on any atom is 0.311 e. The molecule has 3 saturated heterocycles. The standard InChI is InChI=1S/C55H88N4O14/c1-14-42-55(10,67)47(62)35(6)58(25-18-24-56-50(64)38-23-26-59-39(38)21-22-40(59)44(60)37-19-16-15-17-20-37)30-31(2)28-53(8,66)49(73-52-45(61)41(57(11)12)27-32(3)69-52)33(4)46(34(5)51(65)71-42)72-43-29-54(9,68-13)48(63)36(7)70-43/h15-17,19-22,31-36,38,41-43,45-49,52,61-63,66-67H,14,18,23-30H2,1-13H3,(H,56,64)/t31-,32-,33+,34-,35-,36+,38?,41+,42-,43+,45-,46+,47-,48+,49-,52+,53-,54-,55-/m1/s1. The average molecular weight is 1030 g/mol. The van der Waals surface area contributed by atoms with Crippen LogP contribution < -0.4 is 5.32 Å². The van der Waals surface area contributed by atoms with Crippen molar-refractivity contribution in [2.24, 2.45) is 17.8 Å². The lowest BCUT2D eigenvalue weighted by Crippen LogP contribution is -2.60. The SMILES string of the molecule is CC[C@H]1OC(=O)[C@H](C)[C@@H](O[C@H]2C[C@@](C)(OC)[C@@H](O)[C@H](C)O2)[C@H](C)[C@@H](O[C@@H]2O[C@H](C)C[C@H](N(C)C)[C@H]2O)[C@](C)(O)C[C@@H](C)CN(CCCNC(=O)C2CCn3c(C(=O)c4ccccc4)ccc32)[C@H](C)[C@@H](O)[C@]1(C)O. The Morgan fingerprint density at radius 2 is 1.60 bits per heavy atom. The molecule has 1 aromatic heterocycles. The minimum absolute atomic E-state index is 0.0915. The van der Waals surface area contributed by atoms with Gasteiger partial charge in [0.25, 0.3) is 0 Å². The van der Waals surface area contributed by atoms with Crippen molar-refractivity contribution < 1.29 is 68.3 Å². The summed E-state index contributed by atoms with van der Waals surface area (Å²) >= 11 is 0. The van der Waals surface area contributed by atoms with E-state index in [1.54, 1.807) is 66.7 Å². The molecule has 4 aliphatic heterocycles. The number of amides is 1. The van der Waals surface area contributed by atoms with Gasteiger partial charge in [-0.25, -0.2) is 0 Å². The average Bonchev–Trinajstić information content (AvgIpc) is 3.96. The zero-order valence-corrected chi connectivity index (χ0v) is 45.6. The number of nitrogens with zero attached hydrogens (tertiary/aromatic N) is 3. The molecule has 0 bridgehead atoms. The number of nitrogens with one attached hydrogen (secondary N) is 1. The summed E-state index contributed by atoms with van der Waals surface area (Å²) in [4.78, 5) is 45.7. The molecule has 5 heterocycles. The summed E-state index contributed by atoms with van der Waals surface area (Å²) in [5.74, 6) is -3.61. The molecule has 19 atom stereocenters. The molecule has 0 saturated carbocycles. The van der Waals surface area contributed by atoms with Crippen LogP contribution in [0.5, 0.6) is 0 Å². The van der Waals surface area contributed by atoms with E-state index in [4.69, 9.17) is 28.4 Å². The van der Waals surface area contributed by atoms with Crippen LogP contribution in [0.3, 0.4) is 0 Å². The summed E-state index contributed by atoms with van der Waals surface area (Å²) < 4.78 is 40.1. The number of likely N-dealkylation sites (N-methyl/N-ethyl adjacent to an activating group) is 1. The number of hydrogen-bond donors (Lipinski definition) is 6. The van der Waals surface area contributed by atoms with Crippen LogP contribution in [0.25, 0.3) is 0 Å². The number of carbonyl (C=O) groups excluding carboxylic acids is 3. The first-order chi connectivity index (χ1) is 34.3. The molecule has 3 fully saturated rings. The lowest BCUT2D eigenvalue weighted by Gasteiger charge is -2.48. The highest BCUT2D eigenvalue weighted by atomic mass is 16.7. The molecular formula is C55H88N4O14. The highest BCUT2D eigenvalue weighted by molar-refractivity contribution is 6.08. The lowest BCUT2D eigenvalue weighted by molar-refractivity contribution is -0.318. The quantitative estimate of drug-likeness (QED) is 0.0893. The van der Waals surface area contributed by atoms with Gasteiger partial charge >= 0.3 is 5.97 Å². The summed E-state index contributed by atoms with van der Waals surface area (Å²) in [5, 5.41) is 63.4. The summed E-state index contributed by atoms with van der Waals surface area (Å²) in [6.07, 6.45) is -8.19. The number of aliphatic hydroxyl groups excluding tert-OH is 3. The minimum Gasteiger partial charge on any atom is -0.459 e. The number of aromatic nitrogens is 1. The first-order valence-electron chi connectivity index (χ1n) is 26.6. The zero-order valence-electron chi connectivity index (χ0n) is 45.6. The third kappa shape index (κ3) is 13.1. The minimum atomic E-state index is -1.94. The third-order valence-electron chi connectivity index (χ3n) is 16.6. The van der Waals surface area contributed by atoms with Crippen LogP contribution in [0, 0.1) is 17.8 Å². The van der Waals surface area contributed by atoms with Crippen molar-refractivity contribution in [3.8, 4) is 0 Å². The molecule has 18 heteroatoms. The Kier molecular flexibility index (Phi) is 19.6. The Morgan fingerprint density at radius 1 is 0.918 bits per heavy atom. The van der Waals surface area contributed by atoms with Crippen molar-refractivity contribution in [3.63, 3.8) is 0 Å². The molecule has 6 N–H and O–H groups in total. The Morgan fingerprint density at radius 3 is 2.25 bits per heavy atom. The highest BCUT2D eigenvalue weighted by Gasteiger charge is 2.53. The summed E-state index contributed by atoms with van der Waals surface area (Å²) in [7, 11) is 5.25. The van der Waals surface area contributed by atoms with E-state index in [1.807, 2.05) is 66.6 Å². The maximum absolute atomic E-state index is 14.6. The van der Waals surface area contributed by atoms with Crippen molar-refractivity contribution >= 4 is 17.7 Å². The molecule has 1 unspecified atom stereocenters. The van der Waals surface area contributed by atoms with E-state index in [2.05, 4.69) is 5.32 Å². The number of aliphatic hydroxyl groups is 5. The fraction of sp³-hybridized carbons (Fsp3) is 0.764. The van der Waals surface area contributed by atoms with E-state index in [0.29, 0.717) is 56.7 Å². The fourth-order valence-corrected chi connectivity index (χ4v) is 12.2. The first kappa shape index (κ1) is 58.9. The number of hydrogen-bond acceptors (Lipinski definition) is 16. The molecule has 0 radical (unpaired) electrons. The number of rotatable bonds is 14. The van der Waals surface area contributed by atoms with E-state index in [1.165, 1.54) is 14.0 Å². The molecule has 1 amide bonds. The van der Waals surface area contributed by atoms with Crippen LogP contribution in [-0.4, -0.2) is 189 Å². The summed E-state index contributed by atoms with van der Waals surface area (Å²) in [6.45, 7) is 19.0. The Hall–Kier alpha value is -3.37. The van der Waals surface area contributed by atoms with Crippen LogP contribution in [0.4, 0.5) is 0 Å². The van der Waals surface area contributed by atoms with Gasteiger partial charge in [-0.05, 0) is 113 Å². The second-order valence-corrected chi connectivity index (χ2v) is 22.7. The van der Waals surface area contributed by atoms with Gasteiger partial charge in [-0.1, -0.05) is 51.1 Å². The number of esters is 1. The van der Waals surface area contributed by atoms with Gasteiger partial charge in [-0.15, -0.1) is 0 Å². The Balaban J connectivity index is 1.28. The number of carbonyl (C=O) groups is 3. The van der Waals surface area contributed by atoms with Gasteiger partial charge in [0.05, 0.1) is 53.1 Å². The van der Waals surface area contributed by atoms with Gasteiger partial charge in [0, 0.05) is 69.0 Å². The van der Waals surface area contributed by atoms with E-state index >= 15 is 0 Å². The van der Waals surface area contributed by atoms with Crippen molar-refractivity contribution in [2.75, 3.05) is 40.8 Å². The predicted octanol–water partition coefficient (Wildman–Crippen LogP) is 4.00. The molecule has 1 aromatic carbocycles. The lowest BCUT2D eigenvalue weighted by atomic mass is 9.77. The normalized spacial score (nSPS) is 40.3. The number of benzene rings is 1. The van der Waals surface area contributed by atoms with Crippen molar-refractivity contribution in [1.29, 1.82) is 0 Å². The topological polar surface area (TPSA) is 231 Å². The van der Waals surface area contributed by atoms with Gasteiger partial charge in [0.1, 0.15) is 30.0 Å². The predicted molar refractivity (Wildman–Crippen MR) is 272 cm³/mol. The molecule has 73 heavy (non-hydrogen) atoms. The van der Waals surface area contributed by atoms with Gasteiger partial charge in [0.2, 0.25) is 11.7 Å². The number of methoxy groups -OCH3 is 1. The van der Waals surface area contributed by atoms with Crippen LogP contribution in [0.2, 0.25) is 0 Å². The summed E-state index contributed by atoms with van der Waals surface area (Å²) in [5.41, 5.74) is -2.77. The number of cyclic esters (lactones) is 1. The molecular weight excluding hydrogens is 941 g/mol. The third-order valence-corrected chi connectivity index (χ3v) is 16.6. The second-order valence-electron chi connectivity index (χ2n) is 22.7. The van der Waals surface area contributed by atoms with Crippen LogP contribution in [-0.2, 0) is 44.6 Å². The number of ketones is 1. The van der Waals surface area contributed by atoms with Crippen LogP contribution in [0.15, 0.2) is 42.5 Å². The van der Waals surface area contributed by atoms with Gasteiger partial charge in [-0.3, -0.25) is 19.3 Å². The van der Waals surface area contributed by atoms with Crippen molar-refractivity contribution in [2.45, 2.75) is 211 Å². The van der Waals surface area contributed by atoms with Gasteiger partial charge < -0.3 is 68.7 Å². The fourth-order valence-electron chi connectivity index (χ4n) is 12.2. The Bertz CT molecular complexity index is 2140. The van der Waals surface area contributed by atoms with E-state index in [9.17, 15) is 39.9 Å². The molecule has 412 valence electrons. The zero-order chi connectivity index (χ0) is 53.9.